The van der Waals surface area contributed by atoms with E-state index in [-0.39, 0.29) is 6.10 Å². The van der Waals surface area contributed by atoms with Gasteiger partial charge in [0.15, 0.2) is 0 Å². The summed E-state index contributed by atoms with van der Waals surface area (Å²) in [6.07, 6.45) is 4.92. The molecule has 94 valence electrons. The van der Waals surface area contributed by atoms with Gasteiger partial charge >= 0.3 is 0 Å². The second kappa shape index (κ2) is 7.29. The molecule has 0 heterocycles. The first kappa shape index (κ1) is 14.0. The lowest BCUT2D eigenvalue weighted by Crippen LogP contribution is -2.14. The second-order valence-electron chi connectivity index (χ2n) is 4.87. The number of benzene rings is 1. The zero-order valence-corrected chi connectivity index (χ0v) is 11.2. The van der Waals surface area contributed by atoms with E-state index in [1.807, 2.05) is 18.2 Å². The fourth-order valence-corrected chi connectivity index (χ4v) is 1.95. The van der Waals surface area contributed by atoms with Crippen molar-refractivity contribution >= 4 is 6.08 Å². The Morgan fingerprint density at radius 1 is 1.24 bits per heavy atom. The van der Waals surface area contributed by atoms with Gasteiger partial charge in [-0.2, -0.15) is 0 Å². The van der Waals surface area contributed by atoms with Crippen molar-refractivity contribution in [3.05, 3.63) is 41.5 Å². The molecule has 0 aliphatic rings. The maximum Gasteiger partial charge on any atom is 0.0755 e. The molecule has 17 heavy (non-hydrogen) atoms. The molecule has 0 aliphatic heterocycles. The van der Waals surface area contributed by atoms with Crippen molar-refractivity contribution in [2.45, 2.75) is 46.1 Å². The highest BCUT2D eigenvalue weighted by atomic mass is 16.3. The summed E-state index contributed by atoms with van der Waals surface area (Å²) in [6, 6.07) is 10.2. The van der Waals surface area contributed by atoms with Crippen LogP contribution in [0.4, 0.5) is 0 Å². The van der Waals surface area contributed by atoms with Crippen molar-refractivity contribution in [3.8, 4) is 0 Å². The molecule has 1 atom stereocenters. The molecule has 0 aromatic heterocycles. The van der Waals surface area contributed by atoms with Crippen molar-refractivity contribution < 1.29 is 5.11 Å². The molecule has 1 heteroatoms. The van der Waals surface area contributed by atoms with Gasteiger partial charge in [-0.15, -0.1) is 0 Å². The molecule has 1 aromatic carbocycles. The van der Waals surface area contributed by atoms with Crippen LogP contribution in [0.2, 0.25) is 0 Å². The molecule has 0 saturated heterocycles. The Labute approximate surface area is 105 Å². The van der Waals surface area contributed by atoms with E-state index >= 15 is 0 Å². The molecular weight excluding hydrogens is 208 g/mol. The van der Waals surface area contributed by atoms with E-state index in [1.54, 1.807) is 0 Å². The molecule has 1 N–H and O–H groups in total. The first-order chi connectivity index (χ1) is 8.15. The van der Waals surface area contributed by atoms with Crippen LogP contribution in [0.5, 0.6) is 0 Å². The summed E-state index contributed by atoms with van der Waals surface area (Å²) in [5, 5.41) is 10.2. The standard InChI is InChI=1S/C16H24O/c1-4-5-11-16(17)15(13(2)3)12-14-9-7-6-8-10-14/h6-10,12-13,16-17H,4-5,11H2,1-3H3/b15-12-/t16-/m1/s1. The quantitative estimate of drug-likeness (QED) is 0.776. The number of aliphatic hydroxyl groups excluding tert-OH is 1. The molecule has 1 nitrogen and oxygen atoms in total. The van der Waals surface area contributed by atoms with Gasteiger partial charge < -0.3 is 5.11 Å². The summed E-state index contributed by atoms with van der Waals surface area (Å²) in [5.41, 5.74) is 2.32. The highest BCUT2D eigenvalue weighted by Crippen LogP contribution is 2.21. The number of aliphatic hydroxyl groups is 1. The van der Waals surface area contributed by atoms with E-state index in [0.29, 0.717) is 5.92 Å². The van der Waals surface area contributed by atoms with Crippen LogP contribution < -0.4 is 0 Å². The zero-order chi connectivity index (χ0) is 12.7. The number of unbranched alkanes of at least 4 members (excludes halogenated alkanes) is 1. The number of rotatable bonds is 6. The molecule has 0 amide bonds. The minimum atomic E-state index is -0.296. The van der Waals surface area contributed by atoms with Gasteiger partial charge in [-0.05, 0) is 23.5 Å². The Bertz CT molecular complexity index is 338. The molecule has 1 aromatic rings. The lowest BCUT2D eigenvalue weighted by atomic mass is 9.92. The Balaban J connectivity index is 2.82. The average molecular weight is 232 g/mol. The minimum Gasteiger partial charge on any atom is -0.389 e. The van der Waals surface area contributed by atoms with Gasteiger partial charge in [0, 0.05) is 0 Å². The summed E-state index contributed by atoms with van der Waals surface area (Å²) in [6.45, 7) is 6.44. The monoisotopic (exact) mass is 232 g/mol. The van der Waals surface area contributed by atoms with E-state index < -0.39 is 0 Å². The number of hydrogen-bond donors (Lipinski definition) is 1. The van der Waals surface area contributed by atoms with Gasteiger partial charge in [0.25, 0.3) is 0 Å². The fourth-order valence-electron chi connectivity index (χ4n) is 1.95. The van der Waals surface area contributed by atoms with Crippen molar-refractivity contribution in [1.82, 2.24) is 0 Å². The van der Waals surface area contributed by atoms with Crippen LogP contribution in [-0.4, -0.2) is 11.2 Å². The summed E-state index contributed by atoms with van der Waals surface area (Å²) in [5.74, 6) is 0.391. The van der Waals surface area contributed by atoms with Crippen molar-refractivity contribution in [2.24, 2.45) is 5.92 Å². The van der Waals surface area contributed by atoms with Gasteiger partial charge in [0.2, 0.25) is 0 Å². The van der Waals surface area contributed by atoms with Crippen LogP contribution >= 0.6 is 0 Å². The Hall–Kier alpha value is -1.08. The summed E-state index contributed by atoms with van der Waals surface area (Å²) in [7, 11) is 0. The first-order valence-corrected chi connectivity index (χ1v) is 6.59. The average Bonchev–Trinajstić information content (AvgIpc) is 2.34. The Morgan fingerprint density at radius 3 is 2.41 bits per heavy atom. The molecule has 0 fully saturated rings. The molecule has 0 bridgehead atoms. The van der Waals surface area contributed by atoms with Crippen molar-refractivity contribution in [3.63, 3.8) is 0 Å². The molecule has 0 unspecified atom stereocenters. The van der Waals surface area contributed by atoms with Crippen LogP contribution in [0.1, 0.15) is 45.6 Å². The third kappa shape index (κ3) is 4.74. The third-order valence-corrected chi connectivity index (χ3v) is 3.02. The zero-order valence-electron chi connectivity index (χ0n) is 11.2. The summed E-state index contributed by atoms with van der Waals surface area (Å²) >= 11 is 0. The highest BCUT2D eigenvalue weighted by molar-refractivity contribution is 5.54. The van der Waals surface area contributed by atoms with Gasteiger partial charge in [-0.3, -0.25) is 0 Å². The van der Waals surface area contributed by atoms with E-state index in [9.17, 15) is 5.11 Å². The van der Waals surface area contributed by atoms with Crippen molar-refractivity contribution in [2.75, 3.05) is 0 Å². The molecule has 0 saturated carbocycles. The van der Waals surface area contributed by atoms with Crippen molar-refractivity contribution in [1.29, 1.82) is 0 Å². The summed E-state index contributed by atoms with van der Waals surface area (Å²) in [4.78, 5) is 0. The molecule has 0 spiro atoms. The van der Waals surface area contributed by atoms with Gasteiger partial charge in [0.1, 0.15) is 0 Å². The predicted octanol–water partition coefficient (Wildman–Crippen LogP) is 4.28. The topological polar surface area (TPSA) is 20.2 Å². The summed E-state index contributed by atoms with van der Waals surface area (Å²) < 4.78 is 0. The minimum absolute atomic E-state index is 0.296. The Kier molecular flexibility index (Phi) is 5.99. The molecule has 0 aliphatic carbocycles. The van der Waals surface area contributed by atoms with Gasteiger partial charge in [0.05, 0.1) is 6.10 Å². The SMILES string of the molecule is CCCC[C@@H](O)/C(=C\c1ccccc1)C(C)C. The second-order valence-corrected chi connectivity index (χ2v) is 4.87. The number of hydrogen-bond acceptors (Lipinski definition) is 1. The fraction of sp³-hybridized carbons (Fsp3) is 0.500. The first-order valence-electron chi connectivity index (χ1n) is 6.59. The largest absolute Gasteiger partial charge is 0.389 e. The highest BCUT2D eigenvalue weighted by Gasteiger charge is 2.13. The van der Waals surface area contributed by atoms with Crippen LogP contribution in [0.3, 0.4) is 0 Å². The Morgan fingerprint density at radius 2 is 1.88 bits per heavy atom. The maximum absolute atomic E-state index is 10.2. The van der Waals surface area contributed by atoms with E-state index in [0.717, 1.165) is 24.8 Å². The van der Waals surface area contributed by atoms with E-state index in [1.165, 1.54) is 5.56 Å². The maximum atomic E-state index is 10.2. The lowest BCUT2D eigenvalue weighted by Gasteiger charge is -2.18. The molecular formula is C16H24O. The normalized spacial score (nSPS) is 14.1. The van der Waals surface area contributed by atoms with Gasteiger partial charge in [-0.25, -0.2) is 0 Å². The molecule has 1 rings (SSSR count). The van der Waals surface area contributed by atoms with E-state index in [2.05, 4.69) is 39.0 Å². The van der Waals surface area contributed by atoms with Crippen LogP contribution in [0.15, 0.2) is 35.9 Å². The van der Waals surface area contributed by atoms with Crippen LogP contribution in [-0.2, 0) is 0 Å². The smallest absolute Gasteiger partial charge is 0.0755 e. The third-order valence-electron chi connectivity index (χ3n) is 3.02. The van der Waals surface area contributed by atoms with Crippen LogP contribution in [0, 0.1) is 5.92 Å². The van der Waals surface area contributed by atoms with E-state index in [4.69, 9.17) is 0 Å². The lowest BCUT2D eigenvalue weighted by molar-refractivity contribution is 0.188. The predicted molar refractivity (Wildman–Crippen MR) is 74.8 cm³/mol. The van der Waals surface area contributed by atoms with Gasteiger partial charge in [-0.1, -0.05) is 70.0 Å². The molecule has 0 radical (unpaired) electrons. The van der Waals surface area contributed by atoms with Crippen LogP contribution in [0.25, 0.3) is 6.08 Å².